The second kappa shape index (κ2) is 5.16. The first-order chi connectivity index (χ1) is 8.83. The maximum absolute atomic E-state index is 5.85. The molecule has 1 atom stereocenters. The smallest absolute Gasteiger partial charge is 0.0594 e. The summed E-state index contributed by atoms with van der Waals surface area (Å²) in [5, 5.41) is 0. The van der Waals surface area contributed by atoms with Gasteiger partial charge in [0.05, 0.1) is 13.2 Å². The Kier molecular flexibility index (Phi) is 3.39. The fraction of sp³-hybridized carbons (Fsp3) is 0.571. The van der Waals surface area contributed by atoms with Gasteiger partial charge in [-0.1, -0.05) is 6.07 Å². The third-order valence-corrected chi connectivity index (χ3v) is 3.96. The van der Waals surface area contributed by atoms with Crippen molar-refractivity contribution in [3.05, 3.63) is 24.3 Å². The summed E-state index contributed by atoms with van der Waals surface area (Å²) < 4.78 is 5.41. The molecule has 98 valence electrons. The molecule has 0 aliphatic carbocycles. The summed E-state index contributed by atoms with van der Waals surface area (Å²) in [6, 6.07) is 8.88. The highest BCUT2D eigenvalue weighted by Crippen LogP contribution is 2.24. The molecule has 2 heterocycles. The molecule has 0 amide bonds. The zero-order chi connectivity index (χ0) is 12.4. The van der Waals surface area contributed by atoms with Crippen LogP contribution in [0, 0.1) is 0 Å². The predicted octanol–water partition coefficient (Wildman–Crippen LogP) is 1.18. The summed E-state index contributed by atoms with van der Waals surface area (Å²) >= 11 is 0. The van der Waals surface area contributed by atoms with Crippen molar-refractivity contribution in [1.29, 1.82) is 0 Å². The van der Waals surface area contributed by atoms with Gasteiger partial charge in [0.1, 0.15) is 0 Å². The monoisotopic (exact) mass is 247 g/mol. The van der Waals surface area contributed by atoms with Crippen LogP contribution in [0.25, 0.3) is 0 Å². The summed E-state index contributed by atoms with van der Waals surface area (Å²) in [4.78, 5) is 5.01. The van der Waals surface area contributed by atoms with Crippen molar-refractivity contribution in [1.82, 2.24) is 4.90 Å². The molecule has 0 radical (unpaired) electrons. The Morgan fingerprint density at radius 2 is 2.00 bits per heavy atom. The molecule has 0 saturated carbocycles. The Hall–Kier alpha value is -1.26. The van der Waals surface area contributed by atoms with E-state index in [1.165, 1.54) is 12.1 Å². The Morgan fingerprint density at radius 1 is 1.17 bits per heavy atom. The lowest BCUT2D eigenvalue weighted by molar-refractivity contribution is 0.0209. The van der Waals surface area contributed by atoms with Gasteiger partial charge < -0.3 is 15.4 Å². The summed E-state index contributed by atoms with van der Waals surface area (Å²) in [6.07, 6.45) is 1.24. The van der Waals surface area contributed by atoms with Crippen LogP contribution in [0.4, 0.5) is 11.4 Å². The molecule has 2 aliphatic rings. The van der Waals surface area contributed by atoms with Gasteiger partial charge in [-0.25, -0.2) is 0 Å². The highest BCUT2D eigenvalue weighted by atomic mass is 16.5. The molecular weight excluding hydrogens is 226 g/mol. The minimum absolute atomic E-state index is 0.676. The molecule has 4 heteroatoms. The van der Waals surface area contributed by atoms with Crippen LogP contribution in [0.15, 0.2) is 24.3 Å². The van der Waals surface area contributed by atoms with E-state index in [1.54, 1.807) is 0 Å². The first kappa shape index (κ1) is 11.8. The SMILES string of the molecule is Nc1cccc(N2CCC(N3CCOCC3)C2)c1. The Balaban J connectivity index is 1.64. The fourth-order valence-corrected chi connectivity index (χ4v) is 2.94. The third-order valence-electron chi connectivity index (χ3n) is 3.96. The van der Waals surface area contributed by atoms with Crippen molar-refractivity contribution in [3.8, 4) is 0 Å². The first-order valence-electron chi connectivity index (χ1n) is 6.75. The first-order valence-corrected chi connectivity index (χ1v) is 6.75. The molecule has 3 rings (SSSR count). The standard InChI is InChI=1S/C14H21N3O/c15-12-2-1-3-13(10-12)17-5-4-14(11-17)16-6-8-18-9-7-16/h1-3,10,14H,4-9,11,15H2. The second-order valence-corrected chi connectivity index (χ2v) is 5.13. The topological polar surface area (TPSA) is 41.7 Å². The lowest BCUT2D eigenvalue weighted by Crippen LogP contribution is -2.44. The normalized spacial score (nSPS) is 25.6. The van der Waals surface area contributed by atoms with Gasteiger partial charge >= 0.3 is 0 Å². The number of hydrogen-bond acceptors (Lipinski definition) is 4. The lowest BCUT2D eigenvalue weighted by Gasteiger charge is -2.32. The number of ether oxygens (including phenoxy) is 1. The van der Waals surface area contributed by atoms with Gasteiger partial charge in [0.2, 0.25) is 0 Å². The van der Waals surface area contributed by atoms with Gasteiger partial charge in [-0.15, -0.1) is 0 Å². The van der Waals surface area contributed by atoms with E-state index in [0.717, 1.165) is 45.1 Å². The van der Waals surface area contributed by atoms with Crippen molar-refractivity contribution in [3.63, 3.8) is 0 Å². The summed E-state index contributed by atoms with van der Waals surface area (Å²) in [7, 11) is 0. The lowest BCUT2D eigenvalue weighted by atomic mass is 10.2. The zero-order valence-electron chi connectivity index (χ0n) is 10.7. The van der Waals surface area contributed by atoms with Gasteiger partial charge in [0.25, 0.3) is 0 Å². The Morgan fingerprint density at radius 3 is 2.78 bits per heavy atom. The molecule has 0 bridgehead atoms. The second-order valence-electron chi connectivity index (χ2n) is 5.13. The Labute approximate surface area is 108 Å². The number of nitrogens with zero attached hydrogens (tertiary/aromatic N) is 2. The zero-order valence-corrected chi connectivity index (χ0v) is 10.7. The molecule has 2 fully saturated rings. The molecule has 2 saturated heterocycles. The predicted molar refractivity (Wildman–Crippen MR) is 73.9 cm³/mol. The molecule has 2 aliphatic heterocycles. The van der Waals surface area contributed by atoms with E-state index in [0.29, 0.717) is 6.04 Å². The molecule has 1 aromatic carbocycles. The molecule has 4 nitrogen and oxygen atoms in total. The van der Waals surface area contributed by atoms with Gasteiger partial charge in [0.15, 0.2) is 0 Å². The van der Waals surface area contributed by atoms with E-state index < -0.39 is 0 Å². The van der Waals surface area contributed by atoms with Crippen LogP contribution in [-0.2, 0) is 4.74 Å². The summed E-state index contributed by atoms with van der Waals surface area (Å²) in [6.45, 7) is 6.17. The highest BCUT2D eigenvalue weighted by Gasteiger charge is 2.28. The van der Waals surface area contributed by atoms with E-state index in [4.69, 9.17) is 10.5 Å². The van der Waals surface area contributed by atoms with E-state index in [1.807, 2.05) is 12.1 Å². The number of hydrogen-bond donors (Lipinski definition) is 1. The Bertz CT molecular complexity index is 404. The minimum atomic E-state index is 0.676. The van der Waals surface area contributed by atoms with Crippen LogP contribution in [0.1, 0.15) is 6.42 Å². The van der Waals surface area contributed by atoms with Crippen molar-refractivity contribution in [2.75, 3.05) is 50.0 Å². The van der Waals surface area contributed by atoms with E-state index in [9.17, 15) is 0 Å². The number of morpholine rings is 1. The van der Waals surface area contributed by atoms with E-state index in [-0.39, 0.29) is 0 Å². The maximum Gasteiger partial charge on any atom is 0.0594 e. The number of rotatable bonds is 2. The van der Waals surface area contributed by atoms with Crippen LogP contribution >= 0.6 is 0 Å². The maximum atomic E-state index is 5.85. The number of nitrogens with two attached hydrogens (primary N) is 1. The molecule has 18 heavy (non-hydrogen) atoms. The van der Waals surface area contributed by atoms with Crippen molar-refractivity contribution >= 4 is 11.4 Å². The molecule has 0 aromatic heterocycles. The number of benzene rings is 1. The third kappa shape index (κ3) is 2.44. The van der Waals surface area contributed by atoms with E-state index >= 15 is 0 Å². The van der Waals surface area contributed by atoms with E-state index in [2.05, 4.69) is 21.9 Å². The van der Waals surface area contributed by atoms with Gasteiger partial charge in [0, 0.05) is 43.6 Å². The van der Waals surface area contributed by atoms with Gasteiger partial charge in [-0.05, 0) is 24.6 Å². The quantitative estimate of drug-likeness (QED) is 0.797. The highest BCUT2D eigenvalue weighted by molar-refractivity contribution is 5.56. The summed E-state index contributed by atoms with van der Waals surface area (Å²) in [5.74, 6) is 0. The molecule has 0 spiro atoms. The van der Waals surface area contributed by atoms with Crippen LogP contribution in [0.5, 0.6) is 0 Å². The molecule has 1 unspecified atom stereocenters. The molecule has 2 N–H and O–H groups in total. The number of anilines is 2. The van der Waals surface area contributed by atoms with Crippen LogP contribution in [0.3, 0.4) is 0 Å². The fourth-order valence-electron chi connectivity index (χ4n) is 2.94. The average Bonchev–Trinajstić information content (AvgIpc) is 2.89. The van der Waals surface area contributed by atoms with Crippen LogP contribution < -0.4 is 10.6 Å². The average molecular weight is 247 g/mol. The van der Waals surface area contributed by atoms with Crippen LogP contribution in [-0.4, -0.2) is 50.3 Å². The van der Waals surface area contributed by atoms with Crippen LogP contribution in [0.2, 0.25) is 0 Å². The van der Waals surface area contributed by atoms with Gasteiger partial charge in [-0.2, -0.15) is 0 Å². The molecular formula is C14H21N3O. The largest absolute Gasteiger partial charge is 0.399 e. The summed E-state index contributed by atoms with van der Waals surface area (Å²) in [5.41, 5.74) is 7.95. The van der Waals surface area contributed by atoms with Crippen molar-refractivity contribution < 1.29 is 4.74 Å². The minimum Gasteiger partial charge on any atom is -0.399 e. The molecule has 1 aromatic rings. The number of nitrogen functional groups attached to an aromatic ring is 1. The van der Waals surface area contributed by atoms with Crippen molar-refractivity contribution in [2.45, 2.75) is 12.5 Å². The van der Waals surface area contributed by atoms with Crippen molar-refractivity contribution in [2.24, 2.45) is 0 Å². The van der Waals surface area contributed by atoms with Gasteiger partial charge in [-0.3, -0.25) is 4.90 Å².